The highest BCUT2D eigenvalue weighted by molar-refractivity contribution is 7.89. The first-order valence-corrected chi connectivity index (χ1v) is 11.0. The van der Waals surface area contributed by atoms with Gasteiger partial charge in [-0.25, -0.2) is 8.42 Å². The van der Waals surface area contributed by atoms with Crippen molar-refractivity contribution in [2.24, 2.45) is 0 Å². The number of morpholine rings is 1. The number of carbonyl (C=O) groups is 1. The summed E-state index contributed by atoms with van der Waals surface area (Å²) in [6.45, 7) is 7.32. The Kier molecular flexibility index (Phi) is 6.56. The van der Waals surface area contributed by atoms with Gasteiger partial charge in [0.25, 0.3) is 0 Å². The molecule has 1 atom stereocenters. The fourth-order valence-corrected chi connectivity index (χ4v) is 4.51. The van der Waals surface area contributed by atoms with E-state index in [0.717, 1.165) is 16.8 Å². The molecule has 2 N–H and O–H groups in total. The van der Waals surface area contributed by atoms with Gasteiger partial charge in [0.15, 0.2) is 0 Å². The van der Waals surface area contributed by atoms with E-state index < -0.39 is 16.1 Å². The van der Waals surface area contributed by atoms with E-state index in [9.17, 15) is 13.2 Å². The molecule has 29 heavy (non-hydrogen) atoms. The fourth-order valence-electron chi connectivity index (χ4n) is 3.10. The number of nitrogens with one attached hydrogen (secondary N) is 2. The minimum atomic E-state index is -3.54. The zero-order valence-corrected chi connectivity index (χ0v) is 17.8. The van der Waals surface area contributed by atoms with Crippen LogP contribution in [0, 0.1) is 13.8 Å². The van der Waals surface area contributed by atoms with Crippen molar-refractivity contribution >= 4 is 27.3 Å². The molecule has 2 aromatic carbocycles. The third-order valence-electron chi connectivity index (χ3n) is 5.10. The maximum atomic E-state index is 12.7. The molecule has 0 unspecified atom stereocenters. The average Bonchev–Trinajstić information content (AvgIpc) is 2.72. The van der Waals surface area contributed by atoms with E-state index in [1.165, 1.54) is 16.4 Å². The molecule has 0 aromatic heterocycles. The highest BCUT2D eigenvalue weighted by atomic mass is 32.2. The lowest BCUT2D eigenvalue weighted by Gasteiger charge is -2.26. The number of rotatable bonds is 6. The quantitative estimate of drug-likeness (QED) is 0.755. The maximum absolute atomic E-state index is 12.7. The van der Waals surface area contributed by atoms with Crippen LogP contribution in [0.3, 0.4) is 0 Å². The van der Waals surface area contributed by atoms with Gasteiger partial charge in [0.2, 0.25) is 15.9 Å². The first kappa shape index (κ1) is 21.3. The van der Waals surface area contributed by atoms with E-state index in [-0.39, 0.29) is 10.8 Å². The van der Waals surface area contributed by atoms with Crippen molar-refractivity contribution in [2.45, 2.75) is 31.7 Å². The van der Waals surface area contributed by atoms with Crippen molar-refractivity contribution in [3.8, 4) is 0 Å². The van der Waals surface area contributed by atoms with Gasteiger partial charge in [0, 0.05) is 24.5 Å². The summed E-state index contributed by atoms with van der Waals surface area (Å²) in [5.74, 6) is -0.199. The normalized spacial score (nSPS) is 16.2. The van der Waals surface area contributed by atoms with Crippen LogP contribution in [0.2, 0.25) is 0 Å². The molecule has 8 heteroatoms. The Morgan fingerprint density at radius 2 is 1.72 bits per heavy atom. The van der Waals surface area contributed by atoms with E-state index in [2.05, 4.69) is 10.6 Å². The molecule has 1 aliphatic heterocycles. The van der Waals surface area contributed by atoms with Gasteiger partial charge < -0.3 is 15.4 Å². The molecule has 0 radical (unpaired) electrons. The van der Waals surface area contributed by atoms with E-state index in [1.807, 2.05) is 32.0 Å². The third kappa shape index (κ3) is 4.95. The molecule has 2 aromatic rings. The summed E-state index contributed by atoms with van der Waals surface area (Å²) in [5, 5.41) is 6.05. The minimum Gasteiger partial charge on any atom is -0.379 e. The standard InChI is InChI=1S/C21H27N3O4S/c1-15-5-4-6-20(16(15)2)22-17(3)21(25)23-18-7-9-19(10-8-18)29(26,27)24-11-13-28-14-12-24/h4-10,17,22H,11-14H2,1-3H3,(H,23,25)/t17-/m0/s1. The molecule has 0 aliphatic carbocycles. The van der Waals surface area contributed by atoms with E-state index in [0.29, 0.717) is 32.0 Å². The van der Waals surface area contributed by atoms with Crippen LogP contribution >= 0.6 is 0 Å². The predicted octanol–water partition coefficient (Wildman–Crippen LogP) is 2.76. The van der Waals surface area contributed by atoms with E-state index in [1.54, 1.807) is 19.1 Å². The Labute approximate surface area is 172 Å². The number of aryl methyl sites for hydroxylation is 1. The number of hydrogen-bond acceptors (Lipinski definition) is 5. The second kappa shape index (κ2) is 8.94. The van der Waals surface area contributed by atoms with Crippen molar-refractivity contribution in [2.75, 3.05) is 36.9 Å². The molecule has 156 valence electrons. The lowest BCUT2D eigenvalue weighted by atomic mass is 10.1. The monoisotopic (exact) mass is 417 g/mol. The summed E-state index contributed by atoms with van der Waals surface area (Å²) in [5.41, 5.74) is 3.72. The van der Waals surface area contributed by atoms with Crippen LogP contribution in [0.1, 0.15) is 18.1 Å². The lowest BCUT2D eigenvalue weighted by Crippen LogP contribution is -2.40. The van der Waals surface area contributed by atoms with Gasteiger partial charge in [-0.3, -0.25) is 4.79 Å². The molecule has 1 aliphatic rings. The van der Waals surface area contributed by atoms with Gasteiger partial charge in [0.1, 0.15) is 6.04 Å². The molecule has 7 nitrogen and oxygen atoms in total. The molecule has 0 spiro atoms. The topological polar surface area (TPSA) is 87.7 Å². The Balaban J connectivity index is 1.64. The minimum absolute atomic E-state index is 0.199. The zero-order valence-electron chi connectivity index (χ0n) is 16.9. The van der Waals surface area contributed by atoms with Crippen LogP contribution in [0.4, 0.5) is 11.4 Å². The number of sulfonamides is 1. The van der Waals surface area contributed by atoms with Crippen LogP contribution in [0.15, 0.2) is 47.4 Å². The molecular formula is C21H27N3O4S. The summed E-state index contributed by atoms with van der Waals surface area (Å²) in [4.78, 5) is 12.7. The summed E-state index contributed by atoms with van der Waals surface area (Å²) in [6.07, 6.45) is 0. The number of carbonyl (C=O) groups excluding carboxylic acids is 1. The highest BCUT2D eigenvalue weighted by Gasteiger charge is 2.26. The largest absolute Gasteiger partial charge is 0.379 e. The summed E-state index contributed by atoms with van der Waals surface area (Å²) >= 11 is 0. The average molecular weight is 418 g/mol. The Bertz CT molecular complexity index is 968. The molecule has 1 fully saturated rings. The molecule has 0 bridgehead atoms. The maximum Gasteiger partial charge on any atom is 0.246 e. The van der Waals surface area contributed by atoms with Crippen molar-refractivity contribution in [1.29, 1.82) is 0 Å². The Morgan fingerprint density at radius 1 is 1.07 bits per heavy atom. The molecule has 0 saturated carbocycles. The highest BCUT2D eigenvalue weighted by Crippen LogP contribution is 2.21. The van der Waals surface area contributed by atoms with Gasteiger partial charge >= 0.3 is 0 Å². The zero-order chi connectivity index (χ0) is 21.0. The Hall–Kier alpha value is -2.42. The van der Waals surface area contributed by atoms with Gasteiger partial charge in [-0.1, -0.05) is 12.1 Å². The number of benzene rings is 2. The molecule has 3 rings (SSSR count). The smallest absolute Gasteiger partial charge is 0.246 e. The third-order valence-corrected chi connectivity index (χ3v) is 7.01. The van der Waals surface area contributed by atoms with Gasteiger partial charge in [-0.05, 0) is 62.2 Å². The van der Waals surface area contributed by atoms with Crippen LogP contribution in [0.5, 0.6) is 0 Å². The van der Waals surface area contributed by atoms with Crippen LogP contribution in [-0.2, 0) is 19.6 Å². The number of ether oxygens (including phenoxy) is 1. The van der Waals surface area contributed by atoms with Crippen LogP contribution in [-0.4, -0.2) is 51.0 Å². The van der Waals surface area contributed by atoms with Crippen molar-refractivity contribution < 1.29 is 17.9 Å². The van der Waals surface area contributed by atoms with Gasteiger partial charge in [0.05, 0.1) is 18.1 Å². The number of amides is 1. The van der Waals surface area contributed by atoms with Crippen LogP contribution < -0.4 is 10.6 Å². The number of nitrogens with zero attached hydrogens (tertiary/aromatic N) is 1. The number of anilines is 2. The summed E-state index contributed by atoms with van der Waals surface area (Å²) < 4.78 is 32.0. The van der Waals surface area contributed by atoms with E-state index in [4.69, 9.17) is 4.74 Å². The van der Waals surface area contributed by atoms with Crippen LogP contribution in [0.25, 0.3) is 0 Å². The summed E-state index contributed by atoms with van der Waals surface area (Å²) in [7, 11) is -3.54. The van der Waals surface area contributed by atoms with Gasteiger partial charge in [-0.15, -0.1) is 0 Å². The number of hydrogen-bond donors (Lipinski definition) is 2. The molecule has 1 amide bonds. The first-order valence-electron chi connectivity index (χ1n) is 9.60. The van der Waals surface area contributed by atoms with Crippen molar-refractivity contribution in [1.82, 2.24) is 4.31 Å². The van der Waals surface area contributed by atoms with Gasteiger partial charge in [-0.2, -0.15) is 4.31 Å². The predicted molar refractivity (Wildman–Crippen MR) is 114 cm³/mol. The fraction of sp³-hybridized carbons (Fsp3) is 0.381. The second-order valence-electron chi connectivity index (χ2n) is 7.14. The molecular weight excluding hydrogens is 390 g/mol. The lowest BCUT2D eigenvalue weighted by molar-refractivity contribution is -0.116. The molecule has 1 heterocycles. The second-order valence-corrected chi connectivity index (χ2v) is 9.08. The van der Waals surface area contributed by atoms with E-state index >= 15 is 0 Å². The van der Waals surface area contributed by atoms with Crippen molar-refractivity contribution in [3.05, 3.63) is 53.6 Å². The SMILES string of the molecule is Cc1cccc(N[C@@H](C)C(=O)Nc2ccc(S(=O)(=O)N3CCOCC3)cc2)c1C. The first-order chi connectivity index (χ1) is 13.8. The van der Waals surface area contributed by atoms with Crippen molar-refractivity contribution in [3.63, 3.8) is 0 Å². The Morgan fingerprint density at radius 3 is 2.38 bits per heavy atom. The molecule has 1 saturated heterocycles. The summed E-state index contributed by atoms with van der Waals surface area (Å²) in [6, 6.07) is 11.7.